The van der Waals surface area contributed by atoms with Crippen LogP contribution in [-0.4, -0.2) is 19.9 Å². The van der Waals surface area contributed by atoms with Crippen LogP contribution in [0.15, 0.2) is 45.9 Å². The number of halogens is 2. The Bertz CT molecular complexity index is 765. The molecule has 0 atom stereocenters. The fraction of sp³-hybridized carbons (Fsp3) is 0.214. The summed E-state index contributed by atoms with van der Waals surface area (Å²) in [6.45, 7) is 4.04. The summed E-state index contributed by atoms with van der Waals surface area (Å²) in [5.41, 5.74) is 1.63. The highest BCUT2D eigenvalue weighted by molar-refractivity contribution is 9.10. The second-order valence-corrected chi connectivity index (χ2v) is 7.53. The molecule has 0 aliphatic rings. The van der Waals surface area contributed by atoms with Gasteiger partial charge < -0.3 is 0 Å². The van der Waals surface area contributed by atoms with Crippen LogP contribution in [0.5, 0.6) is 0 Å². The Morgan fingerprint density at radius 1 is 1.33 bits per heavy atom. The average Bonchev–Trinajstić information content (AvgIpc) is 2.42. The largest absolute Gasteiger partial charge is 0.267 e. The topological polar surface area (TPSA) is 50.3 Å². The first kappa shape index (κ1) is 16.3. The van der Waals surface area contributed by atoms with Gasteiger partial charge in [0.05, 0.1) is 10.2 Å². The molecule has 0 N–H and O–H groups in total. The van der Waals surface area contributed by atoms with Crippen LogP contribution in [0.25, 0.3) is 0 Å². The molecule has 0 aliphatic carbocycles. The molecule has 1 heterocycles. The monoisotopic (exact) mass is 388 g/mol. The molecule has 0 radical (unpaired) electrons. The highest BCUT2D eigenvalue weighted by atomic mass is 79.9. The molecular formula is C14H14BrClN2O2S. The lowest BCUT2D eigenvalue weighted by molar-refractivity contribution is 0.591. The number of sulfonamides is 1. The Kier molecular flexibility index (Phi) is 4.91. The third-order valence-electron chi connectivity index (χ3n) is 2.94. The first-order valence-corrected chi connectivity index (χ1v) is 8.88. The molecule has 0 aliphatic heterocycles. The molecule has 0 saturated carbocycles. The van der Waals surface area contributed by atoms with Crippen molar-refractivity contribution in [3.8, 4) is 0 Å². The summed E-state index contributed by atoms with van der Waals surface area (Å²) in [7, 11) is -3.68. The summed E-state index contributed by atoms with van der Waals surface area (Å²) in [4.78, 5) is 3.98. The van der Waals surface area contributed by atoms with E-state index in [9.17, 15) is 8.42 Å². The van der Waals surface area contributed by atoms with E-state index < -0.39 is 10.0 Å². The smallest absolute Gasteiger partial charge is 0.265 e. The third kappa shape index (κ3) is 3.39. The maximum absolute atomic E-state index is 12.8. The standard InChI is InChI=1S/C14H14BrClN2O2S/c1-3-18(11-6-4-5-10(2)7-11)21(19,20)12-8-13(15)14(16)17-9-12/h4-9H,3H2,1-2H3. The SMILES string of the molecule is CCN(c1cccc(C)c1)S(=O)(=O)c1cnc(Cl)c(Br)c1. The molecule has 2 rings (SSSR count). The molecular weight excluding hydrogens is 376 g/mol. The minimum absolute atomic E-state index is 0.0992. The van der Waals surface area contributed by atoms with E-state index in [0.29, 0.717) is 16.7 Å². The number of benzene rings is 1. The highest BCUT2D eigenvalue weighted by Crippen LogP contribution is 2.27. The number of rotatable bonds is 4. The summed E-state index contributed by atoms with van der Waals surface area (Å²) in [6.07, 6.45) is 1.26. The average molecular weight is 390 g/mol. The first-order chi connectivity index (χ1) is 9.86. The molecule has 112 valence electrons. The molecule has 0 fully saturated rings. The Morgan fingerprint density at radius 2 is 2.05 bits per heavy atom. The van der Waals surface area contributed by atoms with Gasteiger partial charge in [0.1, 0.15) is 10.0 Å². The molecule has 7 heteroatoms. The Hall–Kier alpha value is -1.11. The van der Waals surface area contributed by atoms with Gasteiger partial charge in [-0.25, -0.2) is 13.4 Å². The molecule has 0 amide bonds. The van der Waals surface area contributed by atoms with Crippen LogP contribution in [0.4, 0.5) is 5.69 Å². The van der Waals surface area contributed by atoms with Crippen molar-refractivity contribution in [2.75, 3.05) is 10.8 Å². The van der Waals surface area contributed by atoms with Crippen LogP contribution < -0.4 is 4.31 Å². The van der Waals surface area contributed by atoms with Crippen molar-refractivity contribution in [3.05, 3.63) is 51.7 Å². The maximum Gasteiger partial charge on any atom is 0.265 e. The highest BCUT2D eigenvalue weighted by Gasteiger charge is 2.24. The van der Waals surface area contributed by atoms with E-state index in [1.807, 2.05) is 25.1 Å². The second kappa shape index (κ2) is 6.34. The summed E-state index contributed by atoms with van der Waals surface area (Å²) in [6, 6.07) is 8.82. The zero-order valence-corrected chi connectivity index (χ0v) is 14.7. The van der Waals surface area contributed by atoms with Crippen LogP contribution in [0.3, 0.4) is 0 Å². The van der Waals surface area contributed by atoms with Gasteiger partial charge >= 0.3 is 0 Å². The van der Waals surface area contributed by atoms with Crippen LogP contribution >= 0.6 is 27.5 Å². The lowest BCUT2D eigenvalue weighted by Gasteiger charge is -2.23. The fourth-order valence-corrected chi connectivity index (χ4v) is 3.99. The van der Waals surface area contributed by atoms with Crippen LogP contribution in [-0.2, 0) is 10.0 Å². The summed E-state index contributed by atoms with van der Waals surface area (Å²) in [5.74, 6) is 0. The lowest BCUT2D eigenvalue weighted by Crippen LogP contribution is -2.30. The van der Waals surface area contributed by atoms with Crippen molar-refractivity contribution in [2.24, 2.45) is 0 Å². The summed E-state index contributed by atoms with van der Waals surface area (Å²) in [5, 5.41) is 0.229. The van der Waals surface area contributed by atoms with Gasteiger partial charge in [0, 0.05) is 12.7 Å². The lowest BCUT2D eigenvalue weighted by atomic mass is 10.2. The molecule has 0 unspecified atom stereocenters. The van der Waals surface area contributed by atoms with Gasteiger partial charge in [0.25, 0.3) is 10.0 Å². The fourth-order valence-electron chi connectivity index (χ4n) is 1.95. The molecule has 0 spiro atoms. The van der Waals surface area contributed by atoms with Crippen molar-refractivity contribution in [1.82, 2.24) is 4.98 Å². The predicted molar refractivity (Wildman–Crippen MR) is 88.3 cm³/mol. The zero-order chi connectivity index (χ0) is 15.6. The molecule has 2 aromatic rings. The van der Waals surface area contributed by atoms with Gasteiger partial charge in [-0.15, -0.1) is 0 Å². The Morgan fingerprint density at radius 3 is 2.62 bits per heavy atom. The normalized spacial score (nSPS) is 11.4. The minimum atomic E-state index is -3.68. The maximum atomic E-state index is 12.8. The quantitative estimate of drug-likeness (QED) is 0.742. The van der Waals surface area contributed by atoms with Crippen LogP contribution in [0.1, 0.15) is 12.5 Å². The van der Waals surface area contributed by atoms with E-state index >= 15 is 0 Å². The van der Waals surface area contributed by atoms with Gasteiger partial charge in [-0.3, -0.25) is 4.31 Å². The van der Waals surface area contributed by atoms with E-state index in [4.69, 9.17) is 11.6 Å². The number of nitrogens with zero attached hydrogens (tertiary/aromatic N) is 2. The van der Waals surface area contributed by atoms with E-state index in [1.165, 1.54) is 16.6 Å². The van der Waals surface area contributed by atoms with E-state index in [-0.39, 0.29) is 10.0 Å². The van der Waals surface area contributed by atoms with Gasteiger partial charge in [-0.2, -0.15) is 0 Å². The van der Waals surface area contributed by atoms with Crippen molar-refractivity contribution >= 4 is 43.2 Å². The molecule has 4 nitrogen and oxygen atoms in total. The minimum Gasteiger partial charge on any atom is -0.267 e. The van der Waals surface area contributed by atoms with E-state index in [0.717, 1.165) is 5.56 Å². The Labute approximate surface area is 137 Å². The number of hydrogen-bond acceptors (Lipinski definition) is 3. The third-order valence-corrected chi connectivity index (χ3v) is 5.94. The van der Waals surface area contributed by atoms with Gasteiger partial charge in [0.15, 0.2) is 0 Å². The molecule has 0 bridgehead atoms. The van der Waals surface area contributed by atoms with E-state index in [1.54, 1.807) is 13.0 Å². The summed E-state index contributed by atoms with van der Waals surface area (Å²) >= 11 is 9.02. The predicted octanol–water partition coefficient (Wildman–Crippen LogP) is 4.02. The molecule has 1 aromatic heterocycles. The van der Waals surface area contributed by atoms with Crippen molar-refractivity contribution < 1.29 is 8.42 Å². The van der Waals surface area contributed by atoms with Crippen LogP contribution in [0, 0.1) is 6.92 Å². The van der Waals surface area contributed by atoms with Crippen molar-refractivity contribution in [2.45, 2.75) is 18.7 Å². The molecule has 1 aromatic carbocycles. The first-order valence-electron chi connectivity index (χ1n) is 6.26. The van der Waals surface area contributed by atoms with Crippen molar-refractivity contribution in [1.29, 1.82) is 0 Å². The molecule has 0 saturated heterocycles. The number of hydrogen-bond donors (Lipinski definition) is 0. The van der Waals surface area contributed by atoms with Crippen molar-refractivity contribution in [3.63, 3.8) is 0 Å². The van der Waals surface area contributed by atoms with E-state index in [2.05, 4.69) is 20.9 Å². The number of anilines is 1. The number of pyridine rings is 1. The molecule has 21 heavy (non-hydrogen) atoms. The van der Waals surface area contributed by atoms with Gasteiger partial charge in [-0.05, 0) is 53.5 Å². The van der Waals surface area contributed by atoms with Gasteiger partial charge in [-0.1, -0.05) is 23.7 Å². The van der Waals surface area contributed by atoms with Crippen LogP contribution in [0.2, 0.25) is 5.15 Å². The number of aromatic nitrogens is 1. The summed E-state index contributed by atoms with van der Waals surface area (Å²) < 4.78 is 27.3. The Balaban J connectivity index is 2.51. The second-order valence-electron chi connectivity index (χ2n) is 4.45. The zero-order valence-electron chi connectivity index (χ0n) is 11.5. The van der Waals surface area contributed by atoms with Gasteiger partial charge in [0.2, 0.25) is 0 Å². The number of aryl methyl sites for hydroxylation is 1.